The molecule has 0 heterocycles. The number of phosphoric acid groups is 6. The fourth-order valence-corrected chi connectivity index (χ4v) is 8.76. The van der Waals surface area contributed by atoms with Gasteiger partial charge in [0.1, 0.15) is 36.6 Å². The predicted molar refractivity (Wildman–Crippen MR) is 102 cm³/mol. The molecule has 30 heteroatoms. The van der Waals surface area contributed by atoms with Gasteiger partial charge in [0.25, 0.3) is 0 Å². The van der Waals surface area contributed by atoms with Gasteiger partial charge >= 0.3 is 46.9 Å². The van der Waals surface area contributed by atoms with Gasteiger partial charge in [0, 0.05) is 0 Å². The molecule has 0 amide bonds. The van der Waals surface area contributed by atoms with Crippen LogP contribution >= 0.6 is 46.9 Å². The van der Waals surface area contributed by atoms with Gasteiger partial charge in [-0.2, -0.15) is 17.2 Å². The Morgan fingerprint density at radius 3 is 0.861 bits per heavy atom. The first kappa shape index (κ1) is 34.7. The number of aliphatic hydroxyl groups is 4. The lowest BCUT2D eigenvalue weighted by molar-refractivity contribution is -0.215. The fraction of sp³-hybridized carbons (Fsp3) is 1.00. The molecule has 1 saturated carbocycles. The highest BCUT2D eigenvalue weighted by Gasteiger charge is 2.56. The molecule has 0 radical (unpaired) electrons. The summed E-state index contributed by atoms with van der Waals surface area (Å²) in [5.74, 6) is 0. The van der Waals surface area contributed by atoms with E-state index < -0.39 is 83.6 Å². The molecule has 0 spiro atoms. The number of rotatable bonds is 12. The third-order valence-electron chi connectivity index (χ3n) is 3.39. The van der Waals surface area contributed by atoms with Crippen molar-refractivity contribution in [2.45, 2.75) is 36.6 Å². The Labute approximate surface area is 197 Å². The highest BCUT2D eigenvalue weighted by Crippen LogP contribution is 2.68. The molecule has 0 saturated heterocycles. The number of hydrogen-bond donors (Lipinski definition) is 12. The molecule has 1 aliphatic carbocycles. The van der Waals surface area contributed by atoms with Crippen LogP contribution < -0.4 is 0 Å². The minimum absolute atomic E-state index is 2.54. The summed E-state index contributed by atoms with van der Waals surface area (Å²) in [4.78, 5) is 71.4. The van der Waals surface area contributed by atoms with Crippen LogP contribution in [0.5, 0.6) is 0 Å². The summed E-state index contributed by atoms with van der Waals surface area (Å²) in [5, 5.41) is 39.4. The van der Waals surface area contributed by atoms with E-state index in [9.17, 15) is 57.6 Å². The first-order chi connectivity index (χ1) is 15.7. The van der Waals surface area contributed by atoms with Gasteiger partial charge in [-0.1, -0.05) is 0 Å². The Kier molecular flexibility index (Phi) is 11.2. The van der Waals surface area contributed by atoms with Crippen molar-refractivity contribution in [3.8, 4) is 0 Å². The fourth-order valence-electron chi connectivity index (χ4n) is 2.33. The first-order valence-electron chi connectivity index (χ1n) is 8.03. The summed E-state index contributed by atoms with van der Waals surface area (Å²) in [5.41, 5.74) is 0. The molecule has 10 unspecified atom stereocenters. The first-order valence-corrected chi connectivity index (χ1v) is 17.1. The molecular weight excluding hydrogens is 642 g/mol. The van der Waals surface area contributed by atoms with Gasteiger partial charge in [0.2, 0.25) is 0 Å². The summed E-state index contributed by atoms with van der Waals surface area (Å²) in [6.07, 6.45) is -16.4. The Morgan fingerprint density at radius 2 is 0.639 bits per heavy atom. The summed E-state index contributed by atoms with van der Waals surface area (Å²) in [6.45, 7) is 0. The van der Waals surface area contributed by atoms with Gasteiger partial charge < -0.3 is 59.6 Å². The second-order valence-electron chi connectivity index (χ2n) is 6.28. The van der Waals surface area contributed by atoms with Gasteiger partial charge in [0.05, 0.1) is 0 Å². The van der Waals surface area contributed by atoms with Crippen LogP contribution in [0, 0.1) is 0 Å². The van der Waals surface area contributed by atoms with Crippen LogP contribution in [0.1, 0.15) is 0 Å². The molecule has 1 fully saturated rings. The minimum Gasteiger partial charge on any atom is -0.387 e. The Hall–Kier alpha value is 0.660. The monoisotopic (exact) mass is 660 g/mol. The highest BCUT2D eigenvalue weighted by atomic mass is 31.3. The molecule has 0 aromatic heterocycles. The Bertz CT molecular complexity index is 987. The SMILES string of the molecule is O=P(O)(O)OP(=O)(O)OP(=O)(O)OC1C(O)C(O)C(O)C(O)C1OP(=O)(O)OP(=O)(O)OP(=O)(O)O. The maximum atomic E-state index is 12.0. The lowest BCUT2D eigenvalue weighted by Gasteiger charge is -2.43. The molecule has 0 aromatic rings. The van der Waals surface area contributed by atoms with Crippen LogP contribution in [0.2, 0.25) is 0 Å². The largest absolute Gasteiger partial charge is 0.490 e. The average Bonchev–Trinajstić information content (AvgIpc) is 2.54. The maximum Gasteiger partial charge on any atom is 0.490 e. The second-order valence-corrected chi connectivity index (χ2v) is 15.0. The molecule has 0 bridgehead atoms. The predicted octanol–water partition coefficient (Wildman–Crippen LogP) is -3.13. The normalized spacial score (nSPS) is 34.7. The van der Waals surface area contributed by atoms with E-state index in [0.29, 0.717) is 0 Å². The van der Waals surface area contributed by atoms with Gasteiger partial charge in [-0.3, -0.25) is 9.05 Å². The Balaban J connectivity index is 3.27. The number of aliphatic hydroxyl groups excluding tert-OH is 4. The zero-order valence-electron chi connectivity index (χ0n) is 16.4. The van der Waals surface area contributed by atoms with Crippen LogP contribution in [-0.2, 0) is 53.7 Å². The number of hydrogen-bond acceptors (Lipinski definition) is 16. The van der Waals surface area contributed by atoms with Crippen LogP contribution in [-0.4, -0.2) is 96.2 Å². The molecular formula is C6H18O24P6. The van der Waals surface area contributed by atoms with E-state index in [-0.39, 0.29) is 0 Å². The van der Waals surface area contributed by atoms with Gasteiger partial charge in [-0.05, 0) is 0 Å². The van der Waals surface area contributed by atoms with E-state index in [2.05, 4.69) is 26.3 Å². The maximum absolute atomic E-state index is 12.0. The summed E-state index contributed by atoms with van der Waals surface area (Å²) >= 11 is 0. The van der Waals surface area contributed by atoms with Gasteiger partial charge in [-0.25, -0.2) is 27.4 Å². The van der Waals surface area contributed by atoms with Crippen molar-refractivity contribution in [2.24, 2.45) is 0 Å². The minimum atomic E-state index is -6.22. The van der Waals surface area contributed by atoms with E-state index in [1.807, 2.05) is 0 Å². The molecule has 1 aliphatic rings. The van der Waals surface area contributed by atoms with Crippen molar-refractivity contribution in [3.63, 3.8) is 0 Å². The van der Waals surface area contributed by atoms with Gasteiger partial charge in [0.15, 0.2) is 0 Å². The van der Waals surface area contributed by atoms with E-state index in [1.165, 1.54) is 0 Å². The van der Waals surface area contributed by atoms with Crippen LogP contribution in [0.3, 0.4) is 0 Å². The van der Waals surface area contributed by atoms with E-state index >= 15 is 0 Å². The molecule has 0 aromatic carbocycles. The summed E-state index contributed by atoms with van der Waals surface area (Å²) in [7, 11) is -36.5. The highest BCUT2D eigenvalue weighted by molar-refractivity contribution is 7.67. The van der Waals surface area contributed by atoms with Crippen molar-refractivity contribution < 1.29 is 113 Å². The molecule has 36 heavy (non-hydrogen) atoms. The van der Waals surface area contributed by atoms with Crippen molar-refractivity contribution in [3.05, 3.63) is 0 Å². The van der Waals surface area contributed by atoms with Crippen LogP contribution in [0.4, 0.5) is 0 Å². The number of phosphoric ester groups is 2. The van der Waals surface area contributed by atoms with E-state index in [4.69, 9.17) is 29.4 Å². The van der Waals surface area contributed by atoms with Crippen molar-refractivity contribution in [1.82, 2.24) is 0 Å². The lowest BCUT2D eigenvalue weighted by atomic mass is 9.85. The van der Waals surface area contributed by atoms with Crippen LogP contribution in [0.15, 0.2) is 0 Å². The van der Waals surface area contributed by atoms with E-state index in [0.717, 1.165) is 0 Å². The lowest BCUT2D eigenvalue weighted by Crippen LogP contribution is -2.64. The quantitative estimate of drug-likeness (QED) is 0.0920. The standard InChI is InChI=1S/C6H18O24P6/c7-1-2(8)4(10)6(26-34(19,20)30-36(23,24)28-32(14,15)16)5(3(1)9)25-33(17,18)29-35(21,22)27-31(11,12)13/h1-10H,(H,17,18)(H,19,20)(H,21,22)(H,23,24)(H2,11,12,13)(H2,14,15,16). The zero-order valence-corrected chi connectivity index (χ0v) is 21.8. The molecule has 10 atom stereocenters. The molecule has 0 aliphatic heterocycles. The molecule has 24 nitrogen and oxygen atoms in total. The van der Waals surface area contributed by atoms with Crippen molar-refractivity contribution in [2.75, 3.05) is 0 Å². The summed E-state index contributed by atoms with van der Waals surface area (Å²) < 4.78 is 89.9. The topological polar surface area (TPSA) is 401 Å². The van der Waals surface area contributed by atoms with Crippen molar-refractivity contribution in [1.29, 1.82) is 0 Å². The van der Waals surface area contributed by atoms with Crippen LogP contribution in [0.25, 0.3) is 0 Å². The molecule has 216 valence electrons. The van der Waals surface area contributed by atoms with Crippen molar-refractivity contribution >= 4 is 46.9 Å². The van der Waals surface area contributed by atoms with E-state index in [1.54, 1.807) is 0 Å². The van der Waals surface area contributed by atoms with Gasteiger partial charge in [-0.15, -0.1) is 0 Å². The average molecular weight is 660 g/mol. The molecule has 1 rings (SSSR count). The Morgan fingerprint density at radius 1 is 0.389 bits per heavy atom. The third-order valence-corrected chi connectivity index (χ3v) is 11.1. The third kappa shape index (κ3) is 11.4. The zero-order chi connectivity index (χ0) is 28.7. The smallest absolute Gasteiger partial charge is 0.387 e. The second kappa shape index (κ2) is 11.6. The molecule has 12 N–H and O–H groups in total. The summed E-state index contributed by atoms with van der Waals surface area (Å²) in [6, 6.07) is 0.